The quantitative estimate of drug-likeness (QED) is 0.105. The van der Waals surface area contributed by atoms with E-state index in [9.17, 15) is 22.8 Å². The third kappa shape index (κ3) is 7.72. The van der Waals surface area contributed by atoms with Gasteiger partial charge in [0.1, 0.15) is 11.3 Å². The first-order chi connectivity index (χ1) is 26.1. The minimum atomic E-state index is -4.71. The van der Waals surface area contributed by atoms with E-state index in [-0.39, 0.29) is 28.0 Å². The van der Waals surface area contributed by atoms with Gasteiger partial charge in [0.05, 0.1) is 36.0 Å². The molecular formula is C41H36F4N4O5. The lowest BCUT2D eigenvalue weighted by Crippen LogP contribution is -2.31. The molecule has 9 nitrogen and oxygen atoms in total. The maximum atomic E-state index is 15.5. The van der Waals surface area contributed by atoms with Crippen LogP contribution in [0.3, 0.4) is 0 Å². The van der Waals surface area contributed by atoms with Crippen LogP contribution in [0.2, 0.25) is 0 Å². The molecule has 7 rings (SSSR count). The van der Waals surface area contributed by atoms with Crippen molar-refractivity contribution in [3.63, 3.8) is 0 Å². The lowest BCUT2D eigenvalue weighted by atomic mass is 10.1. The van der Waals surface area contributed by atoms with Gasteiger partial charge >= 0.3 is 6.18 Å². The first kappa shape index (κ1) is 36.4. The van der Waals surface area contributed by atoms with E-state index in [1.165, 1.54) is 75.0 Å². The molecule has 0 spiro atoms. The highest BCUT2D eigenvalue weighted by atomic mass is 19.4. The van der Waals surface area contributed by atoms with Crippen LogP contribution in [0.4, 0.5) is 23.2 Å². The molecule has 0 radical (unpaired) electrons. The SMILES string of the molecule is COc1cc2c(Oc3ccc(NC(=O)c4cn(-c5ccccc5C(F)(F)F)c5ccccc5c4=O)cc3F)ccnc2cc1OCCCN1CCCCC1. The zero-order valence-corrected chi connectivity index (χ0v) is 29.3. The Morgan fingerprint density at radius 1 is 0.870 bits per heavy atom. The monoisotopic (exact) mass is 740 g/mol. The number of methoxy groups -OCH3 is 1. The molecule has 0 bridgehead atoms. The molecule has 278 valence electrons. The third-order valence-electron chi connectivity index (χ3n) is 9.35. The van der Waals surface area contributed by atoms with Crippen LogP contribution in [0.25, 0.3) is 27.5 Å². The summed E-state index contributed by atoms with van der Waals surface area (Å²) in [4.78, 5) is 33.8. The number of likely N-dealkylation sites (tertiary alicyclic amines) is 1. The van der Waals surface area contributed by atoms with Crippen molar-refractivity contribution in [1.29, 1.82) is 0 Å². The number of nitrogens with one attached hydrogen (secondary N) is 1. The molecule has 0 saturated carbocycles. The topological polar surface area (TPSA) is 94.9 Å². The number of ether oxygens (including phenoxy) is 3. The lowest BCUT2D eigenvalue weighted by Gasteiger charge is -2.26. The van der Waals surface area contributed by atoms with Crippen molar-refractivity contribution in [1.82, 2.24) is 14.5 Å². The minimum Gasteiger partial charge on any atom is -0.493 e. The second-order valence-corrected chi connectivity index (χ2v) is 12.9. The summed E-state index contributed by atoms with van der Waals surface area (Å²) < 4.78 is 76.3. The first-order valence-electron chi connectivity index (χ1n) is 17.5. The average molecular weight is 741 g/mol. The summed E-state index contributed by atoms with van der Waals surface area (Å²) in [7, 11) is 1.53. The van der Waals surface area contributed by atoms with E-state index in [1.807, 2.05) is 0 Å². The number of hydrogen-bond donors (Lipinski definition) is 1. The number of rotatable bonds is 11. The van der Waals surface area contributed by atoms with E-state index in [4.69, 9.17) is 14.2 Å². The van der Waals surface area contributed by atoms with Crippen LogP contribution >= 0.6 is 0 Å². The van der Waals surface area contributed by atoms with Gasteiger partial charge < -0.3 is 29.0 Å². The predicted molar refractivity (Wildman–Crippen MR) is 198 cm³/mol. The van der Waals surface area contributed by atoms with Gasteiger partial charge in [0.25, 0.3) is 5.91 Å². The fraction of sp³-hybridized carbons (Fsp3) is 0.244. The average Bonchev–Trinajstić information content (AvgIpc) is 3.17. The van der Waals surface area contributed by atoms with Crippen molar-refractivity contribution in [3.05, 3.63) is 124 Å². The molecule has 0 unspecified atom stereocenters. The van der Waals surface area contributed by atoms with Gasteiger partial charge in [-0.25, -0.2) is 4.39 Å². The van der Waals surface area contributed by atoms with E-state index >= 15 is 4.39 Å². The lowest BCUT2D eigenvalue weighted by molar-refractivity contribution is -0.137. The number of benzene rings is 4. The van der Waals surface area contributed by atoms with Gasteiger partial charge in [0.15, 0.2) is 23.1 Å². The van der Waals surface area contributed by atoms with Crippen molar-refractivity contribution < 1.29 is 36.6 Å². The smallest absolute Gasteiger partial charge is 0.418 e. The van der Waals surface area contributed by atoms with Gasteiger partial charge in [0, 0.05) is 47.5 Å². The Balaban J connectivity index is 1.10. The van der Waals surface area contributed by atoms with E-state index < -0.39 is 34.5 Å². The van der Waals surface area contributed by atoms with E-state index in [1.54, 1.807) is 30.3 Å². The number of hydrogen-bond acceptors (Lipinski definition) is 7. The molecule has 4 aromatic carbocycles. The Bertz CT molecular complexity index is 2390. The maximum Gasteiger partial charge on any atom is 0.418 e. The zero-order chi connectivity index (χ0) is 37.8. The highest BCUT2D eigenvalue weighted by Gasteiger charge is 2.34. The van der Waals surface area contributed by atoms with Gasteiger partial charge in [-0.05, 0) is 80.9 Å². The molecule has 0 atom stereocenters. The van der Waals surface area contributed by atoms with Crippen LogP contribution in [0, 0.1) is 5.82 Å². The largest absolute Gasteiger partial charge is 0.493 e. The van der Waals surface area contributed by atoms with Gasteiger partial charge in [-0.3, -0.25) is 14.6 Å². The zero-order valence-electron chi connectivity index (χ0n) is 29.3. The number of para-hydroxylation sites is 2. The summed E-state index contributed by atoms with van der Waals surface area (Å²) in [5.41, 5.74) is -1.64. The van der Waals surface area contributed by atoms with Crippen LogP contribution in [-0.4, -0.2) is 53.7 Å². The van der Waals surface area contributed by atoms with E-state index in [2.05, 4.69) is 15.2 Å². The Morgan fingerprint density at radius 2 is 1.65 bits per heavy atom. The standard InChI is InChI=1S/C41H36F4N4O5/c1-52-37-23-28-32(24-38(37)53-21-9-20-48-18-7-2-8-19-48)46-17-16-35(28)54-36-15-14-26(22-31(36)42)47-40(51)29-25-49(33-12-5-3-10-27(33)39(29)50)34-13-6-4-11-30(34)41(43,44)45/h3-6,10-17,22-25H,2,7-9,18-21H2,1H3,(H,47,51). The van der Waals surface area contributed by atoms with Crippen molar-refractivity contribution in [2.24, 2.45) is 0 Å². The number of piperidine rings is 1. The van der Waals surface area contributed by atoms with Crippen molar-refractivity contribution in [3.8, 4) is 28.7 Å². The molecule has 13 heteroatoms. The minimum absolute atomic E-state index is 0.0111. The summed E-state index contributed by atoms with van der Waals surface area (Å²) in [5.74, 6) is -0.633. The molecule has 3 heterocycles. The van der Waals surface area contributed by atoms with Crippen LogP contribution in [-0.2, 0) is 6.18 Å². The molecule has 1 amide bonds. The van der Waals surface area contributed by atoms with Crippen molar-refractivity contribution >= 4 is 33.4 Å². The highest BCUT2D eigenvalue weighted by molar-refractivity contribution is 6.06. The number of halogens is 4. The number of amides is 1. The molecule has 0 aliphatic carbocycles. The molecule has 1 N–H and O–H groups in total. The Labute approximate surface area is 307 Å². The number of pyridine rings is 2. The maximum absolute atomic E-state index is 15.5. The number of alkyl halides is 3. The highest BCUT2D eigenvalue weighted by Crippen LogP contribution is 2.38. The van der Waals surface area contributed by atoms with E-state index in [0.717, 1.165) is 49.0 Å². The summed E-state index contributed by atoms with van der Waals surface area (Å²) in [6, 6.07) is 19.7. The molecule has 6 aromatic rings. The Kier molecular flexibility index (Phi) is 10.5. The normalized spacial score (nSPS) is 13.6. The van der Waals surface area contributed by atoms with Crippen LogP contribution < -0.4 is 25.0 Å². The number of fused-ring (bicyclic) bond motifs is 2. The number of carbonyl (C=O) groups is 1. The Hall–Kier alpha value is -5.95. The van der Waals surface area contributed by atoms with Crippen LogP contribution in [0.1, 0.15) is 41.6 Å². The van der Waals surface area contributed by atoms with Gasteiger partial charge in [0.2, 0.25) is 5.43 Å². The number of nitrogens with zero attached hydrogens (tertiary/aromatic N) is 3. The molecule has 1 aliphatic rings. The second-order valence-electron chi connectivity index (χ2n) is 12.9. The molecule has 1 fully saturated rings. The fourth-order valence-electron chi connectivity index (χ4n) is 6.68. The van der Waals surface area contributed by atoms with Gasteiger partial charge in [-0.1, -0.05) is 30.7 Å². The van der Waals surface area contributed by atoms with Crippen LogP contribution in [0.15, 0.2) is 102 Å². The van der Waals surface area contributed by atoms with Crippen molar-refractivity contribution in [2.75, 3.05) is 38.7 Å². The number of carbonyl (C=O) groups excluding carboxylic acids is 1. The van der Waals surface area contributed by atoms with Crippen LogP contribution in [0.5, 0.6) is 23.0 Å². The molecule has 2 aromatic heterocycles. The third-order valence-corrected chi connectivity index (χ3v) is 9.35. The number of aromatic nitrogens is 2. The predicted octanol–water partition coefficient (Wildman–Crippen LogP) is 9.00. The summed E-state index contributed by atoms with van der Waals surface area (Å²) in [6.45, 7) is 3.70. The van der Waals surface area contributed by atoms with E-state index in [0.29, 0.717) is 34.8 Å². The Morgan fingerprint density at radius 3 is 2.43 bits per heavy atom. The molecule has 54 heavy (non-hydrogen) atoms. The molecular weight excluding hydrogens is 704 g/mol. The van der Waals surface area contributed by atoms with Crippen molar-refractivity contribution in [2.45, 2.75) is 31.9 Å². The van der Waals surface area contributed by atoms with Gasteiger partial charge in [-0.15, -0.1) is 0 Å². The number of anilines is 1. The molecule has 1 aliphatic heterocycles. The fourth-order valence-corrected chi connectivity index (χ4v) is 6.68. The second kappa shape index (κ2) is 15.6. The summed E-state index contributed by atoms with van der Waals surface area (Å²) in [6.07, 6.45) is 2.49. The first-order valence-corrected chi connectivity index (χ1v) is 17.5. The summed E-state index contributed by atoms with van der Waals surface area (Å²) >= 11 is 0. The van der Waals surface area contributed by atoms with Gasteiger partial charge in [-0.2, -0.15) is 13.2 Å². The summed E-state index contributed by atoms with van der Waals surface area (Å²) in [5, 5.41) is 3.08. The molecule has 1 saturated heterocycles.